The van der Waals surface area contributed by atoms with Crippen LogP contribution in [-0.4, -0.2) is 53.6 Å². The monoisotopic (exact) mass is 450 g/mol. The molecule has 9 nitrogen and oxygen atoms in total. The summed E-state index contributed by atoms with van der Waals surface area (Å²) in [5.41, 5.74) is 2.53. The Hall–Kier alpha value is -3.88. The Morgan fingerprint density at radius 2 is 1.82 bits per heavy atom. The number of aromatic nitrogens is 2. The van der Waals surface area contributed by atoms with Gasteiger partial charge in [-0.2, -0.15) is 0 Å². The molecule has 3 aromatic rings. The number of methoxy groups -OCH3 is 2. The largest absolute Gasteiger partial charge is 0.493 e. The molecule has 33 heavy (non-hydrogen) atoms. The molecular formula is C24H26N4O5. The molecule has 0 fully saturated rings. The fourth-order valence-corrected chi connectivity index (χ4v) is 3.98. The normalized spacial score (nSPS) is 12.8. The van der Waals surface area contributed by atoms with Gasteiger partial charge in [-0.3, -0.25) is 19.0 Å². The number of nitrogens with zero attached hydrogens (tertiary/aromatic N) is 3. The number of rotatable bonds is 7. The van der Waals surface area contributed by atoms with E-state index < -0.39 is 0 Å². The van der Waals surface area contributed by atoms with E-state index in [4.69, 9.17) is 9.47 Å². The van der Waals surface area contributed by atoms with Crippen LogP contribution >= 0.6 is 0 Å². The lowest BCUT2D eigenvalue weighted by Crippen LogP contribution is -2.39. The lowest BCUT2D eigenvalue weighted by atomic mass is 10.00. The summed E-state index contributed by atoms with van der Waals surface area (Å²) in [5.74, 6) is 0.505. The molecule has 1 aromatic heterocycles. The van der Waals surface area contributed by atoms with Gasteiger partial charge in [-0.1, -0.05) is 24.3 Å². The number of nitrogens with one attached hydrogen (secondary N) is 1. The van der Waals surface area contributed by atoms with Crippen LogP contribution in [0, 0.1) is 0 Å². The maximum absolute atomic E-state index is 12.8. The average molecular weight is 450 g/mol. The molecule has 1 aliphatic heterocycles. The number of benzene rings is 2. The quantitative estimate of drug-likeness (QED) is 0.585. The number of amides is 2. The van der Waals surface area contributed by atoms with Crippen LogP contribution in [0.2, 0.25) is 0 Å². The molecule has 1 N–H and O–H groups in total. The standard InChI is InChI=1S/C24H26N4O5/c1-32-20-11-18-19(12-21(20)33-2)26-15-28(24(18)31)14-22(29)25-9-7-23(30)27-10-8-16-5-3-4-6-17(16)13-27/h3-6,11-12,15H,7-10,13-14H2,1-2H3,(H,25,29). The van der Waals surface area contributed by atoms with Crippen molar-refractivity contribution < 1.29 is 19.1 Å². The minimum atomic E-state index is -0.365. The number of carbonyl (C=O) groups is 2. The summed E-state index contributed by atoms with van der Waals surface area (Å²) in [5, 5.41) is 3.04. The Morgan fingerprint density at radius 1 is 1.09 bits per heavy atom. The molecule has 0 atom stereocenters. The van der Waals surface area contributed by atoms with Gasteiger partial charge in [0.1, 0.15) is 6.54 Å². The van der Waals surface area contributed by atoms with Gasteiger partial charge in [0, 0.05) is 32.1 Å². The molecular weight excluding hydrogens is 424 g/mol. The van der Waals surface area contributed by atoms with Gasteiger partial charge in [0.05, 0.1) is 31.4 Å². The van der Waals surface area contributed by atoms with Crippen molar-refractivity contribution in [1.82, 2.24) is 19.8 Å². The van der Waals surface area contributed by atoms with Crippen LogP contribution in [0.5, 0.6) is 11.5 Å². The first kappa shape index (κ1) is 22.3. The van der Waals surface area contributed by atoms with Crippen molar-refractivity contribution in [3.8, 4) is 11.5 Å². The molecule has 0 spiro atoms. The Labute approximate surface area is 190 Å². The van der Waals surface area contributed by atoms with E-state index in [1.54, 1.807) is 12.1 Å². The predicted octanol–water partition coefficient (Wildman–Crippen LogP) is 1.50. The van der Waals surface area contributed by atoms with Gasteiger partial charge in [-0.15, -0.1) is 0 Å². The van der Waals surface area contributed by atoms with E-state index in [0.717, 1.165) is 6.42 Å². The molecule has 0 unspecified atom stereocenters. The Kier molecular flexibility index (Phi) is 6.58. The molecule has 4 rings (SSSR count). The summed E-state index contributed by atoms with van der Waals surface area (Å²) in [6, 6.07) is 11.3. The van der Waals surface area contributed by atoms with Crippen molar-refractivity contribution in [3.63, 3.8) is 0 Å². The second-order valence-corrected chi connectivity index (χ2v) is 7.84. The van der Waals surface area contributed by atoms with Crippen LogP contribution in [-0.2, 0) is 29.1 Å². The summed E-state index contributed by atoms with van der Waals surface area (Å²) in [6.07, 6.45) is 2.37. The minimum absolute atomic E-state index is 0.00427. The predicted molar refractivity (Wildman–Crippen MR) is 122 cm³/mol. The Bertz CT molecular complexity index is 1250. The van der Waals surface area contributed by atoms with Gasteiger partial charge < -0.3 is 19.7 Å². The number of hydrogen-bond acceptors (Lipinski definition) is 6. The van der Waals surface area contributed by atoms with Crippen LogP contribution in [0.15, 0.2) is 47.5 Å². The van der Waals surface area contributed by atoms with E-state index in [1.165, 1.54) is 36.2 Å². The number of fused-ring (bicyclic) bond motifs is 2. The third-order valence-corrected chi connectivity index (χ3v) is 5.79. The summed E-state index contributed by atoms with van der Waals surface area (Å²) >= 11 is 0. The first-order valence-corrected chi connectivity index (χ1v) is 10.7. The molecule has 0 saturated carbocycles. The molecule has 0 aliphatic carbocycles. The summed E-state index contributed by atoms with van der Waals surface area (Å²) < 4.78 is 11.7. The van der Waals surface area contributed by atoms with Gasteiger partial charge in [0.15, 0.2) is 11.5 Å². The van der Waals surface area contributed by atoms with Crippen LogP contribution in [0.4, 0.5) is 0 Å². The van der Waals surface area contributed by atoms with E-state index in [-0.39, 0.29) is 36.9 Å². The molecule has 0 bridgehead atoms. The lowest BCUT2D eigenvalue weighted by molar-refractivity contribution is -0.132. The van der Waals surface area contributed by atoms with Crippen molar-refractivity contribution >= 4 is 22.7 Å². The van der Waals surface area contributed by atoms with Crippen LogP contribution in [0.25, 0.3) is 10.9 Å². The van der Waals surface area contributed by atoms with Crippen molar-refractivity contribution in [2.24, 2.45) is 0 Å². The molecule has 2 amide bonds. The highest BCUT2D eigenvalue weighted by molar-refractivity contribution is 5.82. The van der Waals surface area contributed by atoms with Crippen molar-refractivity contribution in [2.45, 2.75) is 25.9 Å². The Morgan fingerprint density at radius 3 is 2.58 bits per heavy atom. The molecule has 9 heteroatoms. The fourth-order valence-electron chi connectivity index (χ4n) is 3.98. The first-order chi connectivity index (χ1) is 16.0. The van der Waals surface area contributed by atoms with Crippen molar-refractivity contribution in [2.75, 3.05) is 27.3 Å². The highest BCUT2D eigenvalue weighted by Crippen LogP contribution is 2.29. The smallest absolute Gasteiger partial charge is 0.261 e. The minimum Gasteiger partial charge on any atom is -0.493 e. The van der Waals surface area contributed by atoms with E-state index in [0.29, 0.717) is 35.5 Å². The highest BCUT2D eigenvalue weighted by Gasteiger charge is 2.20. The SMILES string of the molecule is COc1cc2ncn(CC(=O)NCCC(=O)N3CCc4ccccc4C3)c(=O)c2cc1OC. The van der Waals surface area contributed by atoms with Gasteiger partial charge in [-0.25, -0.2) is 4.98 Å². The van der Waals surface area contributed by atoms with Gasteiger partial charge in [-0.05, 0) is 23.6 Å². The number of carbonyl (C=O) groups excluding carboxylic acids is 2. The second kappa shape index (κ2) is 9.72. The average Bonchev–Trinajstić information content (AvgIpc) is 2.84. The molecule has 2 heterocycles. The van der Waals surface area contributed by atoms with Crippen molar-refractivity contribution in [3.05, 3.63) is 64.2 Å². The van der Waals surface area contributed by atoms with Crippen LogP contribution < -0.4 is 20.3 Å². The van der Waals surface area contributed by atoms with Gasteiger partial charge >= 0.3 is 0 Å². The molecule has 0 saturated heterocycles. The van der Waals surface area contributed by atoms with E-state index >= 15 is 0 Å². The molecule has 1 aliphatic rings. The summed E-state index contributed by atoms with van der Waals surface area (Å²) in [6.45, 7) is 1.28. The summed E-state index contributed by atoms with van der Waals surface area (Å²) in [4.78, 5) is 43.8. The van der Waals surface area contributed by atoms with Crippen molar-refractivity contribution in [1.29, 1.82) is 0 Å². The Balaban J connectivity index is 1.34. The first-order valence-electron chi connectivity index (χ1n) is 10.7. The summed E-state index contributed by atoms with van der Waals surface area (Å²) in [7, 11) is 2.99. The highest BCUT2D eigenvalue weighted by atomic mass is 16.5. The zero-order valence-electron chi connectivity index (χ0n) is 18.7. The van der Waals surface area contributed by atoms with Crippen LogP contribution in [0.1, 0.15) is 17.5 Å². The molecule has 2 aromatic carbocycles. The zero-order valence-corrected chi connectivity index (χ0v) is 18.7. The van der Waals surface area contributed by atoms with Gasteiger partial charge in [0.2, 0.25) is 11.8 Å². The third-order valence-electron chi connectivity index (χ3n) is 5.79. The third kappa shape index (κ3) is 4.82. The maximum Gasteiger partial charge on any atom is 0.261 e. The number of ether oxygens (including phenoxy) is 2. The van der Waals surface area contributed by atoms with Crippen LogP contribution in [0.3, 0.4) is 0 Å². The molecule has 172 valence electrons. The molecule has 0 radical (unpaired) electrons. The maximum atomic E-state index is 12.8. The topological polar surface area (TPSA) is 103 Å². The second-order valence-electron chi connectivity index (χ2n) is 7.84. The lowest BCUT2D eigenvalue weighted by Gasteiger charge is -2.29. The van der Waals surface area contributed by atoms with E-state index in [9.17, 15) is 14.4 Å². The van der Waals surface area contributed by atoms with E-state index in [2.05, 4.69) is 16.4 Å². The number of hydrogen-bond donors (Lipinski definition) is 1. The zero-order chi connectivity index (χ0) is 23.4. The van der Waals surface area contributed by atoms with Gasteiger partial charge in [0.25, 0.3) is 5.56 Å². The van der Waals surface area contributed by atoms with E-state index in [1.807, 2.05) is 23.1 Å². The fraction of sp³-hybridized carbons (Fsp3) is 0.333.